The van der Waals surface area contributed by atoms with E-state index in [2.05, 4.69) is 5.32 Å². The molecule has 2 N–H and O–H groups in total. The first kappa shape index (κ1) is 14.8. The maximum Gasteiger partial charge on any atom is 0.326 e. The van der Waals surface area contributed by atoms with E-state index in [9.17, 15) is 9.59 Å². The number of rotatable bonds is 5. The number of urea groups is 1. The highest BCUT2D eigenvalue weighted by Gasteiger charge is 2.22. The summed E-state index contributed by atoms with van der Waals surface area (Å²) in [4.78, 5) is 24.2. The Morgan fingerprint density at radius 3 is 2.56 bits per heavy atom. The van der Waals surface area contributed by atoms with Gasteiger partial charge in [-0.2, -0.15) is 0 Å². The summed E-state index contributed by atoms with van der Waals surface area (Å²) in [6.07, 6.45) is 2.29. The van der Waals surface area contributed by atoms with E-state index in [1.54, 1.807) is 18.9 Å². The fourth-order valence-corrected chi connectivity index (χ4v) is 2.00. The van der Waals surface area contributed by atoms with Gasteiger partial charge in [-0.05, 0) is 25.2 Å². The Morgan fingerprint density at radius 1 is 1.44 bits per heavy atom. The molecule has 1 rings (SSSR count). The van der Waals surface area contributed by atoms with Gasteiger partial charge in [0.05, 0.1) is 0 Å². The SMILES string of the molecule is CC[C@H](NC(=O)N(C)CC1CCOCC1)C(=O)O. The largest absolute Gasteiger partial charge is 0.480 e. The molecular weight excluding hydrogens is 236 g/mol. The van der Waals surface area contributed by atoms with Gasteiger partial charge in [-0.25, -0.2) is 9.59 Å². The van der Waals surface area contributed by atoms with Gasteiger partial charge in [0, 0.05) is 26.8 Å². The Hall–Kier alpha value is -1.30. The first-order valence-electron chi connectivity index (χ1n) is 6.36. The van der Waals surface area contributed by atoms with Crippen LogP contribution >= 0.6 is 0 Å². The van der Waals surface area contributed by atoms with E-state index in [1.807, 2.05) is 0 Å². The maximum atomic E-state index is 11.8. The number of carboxylic acid groups (broad SMARTS) is 1. The molecule has 6 nitrogen and oxygen atoms in total. The molecule has 104 valence electrons. The van der Waals surface area contributed by atoms with Crippen molar-refractivity contribution in [1.82, 2.24) is 10.2 Å². The zero-order valence-corrected chi connectivity index (χ0v) is 11.0. The van der Waals surface area contributed by atoms with Gasteiger partial charge in [0.1, 0.15) is 6.04 Å². The van der Waals surface area contributed by atoms with Gasteiger partial charge in [0.2, 0.25) is 0 Å². The molecule has 0 aliphatic carbocycles. The molecule has 2 amide bonds. The highest BCUT2D eigenvalue weighted by atomic mass is 16.5. The minimum absolute atomic E-state index is 0.323. The molecule has 1 saturated heterocycles. The van der Waals surface area contributed by atoms with Gasteiger partial charge in [-0.15, -0.1) is 0 Å². The van der Waals surface area contributed by atoms with E-state index in [0.717, 1.165) is 26.1 Å². The van der Waals surface area contributed by atoms with Crippen LogP contribution in [-0.4, -0.2) is 54.9 Å². The van der Waals surface area contributed by atoms with Crippen molar-refractivity contribution >= 4 is 12.0 Å². The summed E-state index contributed by atoms with van der Waals surface area (Å²) in [6.45, 7) is 3.86. The fourth-order valence-electron chi connectivity index (χ4n) is 2.00. The quantitative estimate of drug-likeness (QED) is 0.768. The molecule has 0 spiro atoms. The van der Waals surface area contributed by atoms with Crippen molar-refractivity contribution in [2.24, 2.45) is 5.92 Å². The minimum Gasteiger partial charge on any atom is -0.480 e. The van der Waals surface area contributed by atoms with E-state index >= 15 is 0 Å². The van der Waals surface area contributed by atoms with Crippen LogP contribution in [0.15, 0.2) is 0 Å². The molecule has 1 atom stereocenters. The van der Waals surface area contributed by atoms with E-state index in [4.69, 9.17) is 9.84 Å². The highest BCUT2D eigenvalue weighted by Crippen LogP contribution is 2.15. The number of ether oxygens (including phenoxy) is 1. The summed E-state index contributed by atoms with van der Waals surface area (Å²) >= 11 is 0. The standard InChI is InChI=1S/C12H22N2O4/c1-3-10(11(15)16)13-12(17)14(2)8-9-4-6-18-7-5-9/h9-10H,3-8H2,1-2H3,(H,13,17)(H,15,16)/t10-/m0/s1. The number of aliphatic carboxylic acids is 1. The molecule has 0 unspecified atom stereocenters. The van der Waals surface area contributed by atoms with Crippen LogP contribution in [0.1, 0.15) is 26.2 Å². The van der Waals surface area contributed by atoms with Gasteiger partial charge in [0.25, 0.3) is 0 Å². The number of amides is 2. The van der Waals surface area contributed by atoms with Crippen molar-refractivity contribution < 1.29 is 19.4 Å². The van der Waals surface area contributed by atoms with Crippen LogP contribution in [-0.2, 0) is 9.53 Å². The molecule has 1 aliphatic rings. The van der Waals surface area contributed by atoms with Crippen LogP contribution in [0.25, 0.3) is 0 Å². The lowest BCUT2D eigenvalue weighted by Gasteiger charge is -2.28. The van der Waals surface area contributed by atoms with Crippen molar-refractivity contribution in [2.75, 3.05) is 26.8 Å². The number of carboxylic acids is 1. The second kappa shape index (κ2) is 7.20. The number of nitrogens with zero attached hydrogens (tertiary/aromatic N) is 1. The van der Waals surface area contributed by atoms with Crippen molar-refractivity contribution in [3.05, 3.63) is 0 Å². The fraction of sp³-hybridized carbons (Fsp3) is 0.833. The monoisotopic (exact) mass is 258 g/mol. The van der Waals surface area contributed by atoms with Crippen LogP contribution in [0.5, 0.6) is 0 Å². The summed E-state index contributed by atoms with van der Waals surface area (Å²) in [5.41, 5.74) is 0. The van der Waals surface area contributed by atoms with E-state index < -0.39 is 12.0 Å². The second-order valence-corrected chi connectivity index (χ2v) is 4.68. The topological polar surface area (TPSA) is 78.9 Å². The molecule has 1 aliphatic heterocycles. The van der Waals surface area contributed by atoms with Gasteiger partial charge >= 0.3 is 12.0 Å². The highest BCUT2D eigenvalue weighted by molar-refractivity contribution is 5.82. The zero-order valence-electron chi connectivity index (χ0n) is 11.0. The van der Waals surface area contributed by atoms with Crippen molar-refractivity contribution in [2.45, 2.75) is 32.2 Å². The summed E-state index contributed by atoms with van der Waals surface area (Å²) in [5, 5.41) is 11.4. The third-order valence-corrected chi connectivity index (χ3v) is 3.22. The molecule has 1 fully saturated rings. The zero-order chi connectivity index (χ0) is 13.5. The molecule has 0 aromatic rings. The number of hydrogen-bond donors (Lipinski definition) is 2. The van der Waals surface area contributed by atoms with Crippen LogP contribution < -0.4 is 5.32 Å². The Bertz CT molecular complexity index is 290. The Morgan fingerprint density at radius 2 is 2.06 bits per heavy atom. The summed E-state index contributed by atoms with van der Waals surface area (Å²) in [7, 11) is 1.69. The van der Waals surface area contributed by atoms with E-state index in [-0.39, 0.29) is 6.03 Å². The van der Waals surface area contributed by atoms with Gasteiger partial charge in [0.15, 0.2) is 0 Å². The average Bonchev–Trinajstić information content (AvgIpc) is 2.36. The molecule has 0 bridgehead atoms. The molecule has 18 heavy (non-hydrogen) atoms. The lowest BCUT2D eigenvalue weighted by Crippen LogP contribution is -2.47. The second-order valence-electron chi connectivity index (χ2n) is 4.68. The van der Waals surface area contributed by atoms with Crippen LogP contribution in [0.4, 0.5) is 4.79 Å². The van der Waals surface area contributed by atoms with Crippen molar-refractivity contribution in [3.8, 4) is 0 Å². The van der Waals surface area contributed by atoms with Crippen LogP contribution in [0, 0.1) is 5.92 Å². The first-order valence-corrected chi connectivity index (χ1v) is 6.36. The van der Waals surface area contributed by atoms with Crippen molar-refractivity contribution in [3.63, 3.8) is 0 Å². The normalized spacial score (nSPS) is 18.1. The molecule has 0 aromatic carbocycles. The molecular formula is C12H22N2O4. The number of carbonyl (C=O) groups is 2. The Balaban J connectivity index is 2.37. The predicted molar refractivity (Wildman–Crippen MR) is 66.4 cm³/mol. The maximum absolute atomic E-state index is 11.8. The molecule has 0 radical (unpaired) electrons. The van der Waals surface area contributed by atoms with Gasteiger partial charge in [-0.1, -0.05) is 6.92 Å². The smallest absolute Gasteiger partial charge is 0.326 e. The molecule has 1 heterocycles. The Kier molecular flexibility index (Phi) is 5.91. The summed E-state index contributed by atoms with van der Waals surface area (Å²) in [5.74, 6) is -0.551. The lowest BCUT2D eigenvalue weighted by atomic mass is 10.00. The van der Waals surface area contributed by atoms with E-state index in [1.165, 1.54) is 0 Å². The third-order valence-electron chi connectivity index (χ3n) is 3.22. The van der Waals surface area contributed by atoms with Crippen molar-refractivity contribution in [1.29, 1.82) is 0 Å². The molecule has 0 saturated carbocycles. The first-order chi connectivity index (χ1) is 8.54. The minimum atomic E-state index is -0.995. The van der Waals surface area contributed by atoms with Crippen LogP contribution in [0.2, 0.25) is 0 Å². The lowest BCUT2D eigenvalue weighted by molar-refractivity contribution is -0.139. The predicted octanol–water partition coefficient (Wildman–Crippen LogP) is 0.918. The summed E-state index contributed by atoms with van der Waals surface area (Å²) in [6, 6.07) is -1.13. The molecule has 6 heteroatoms. The number of hydrogen-bond acceptors (Lipinski definition) is 3. The molecule has 0 aromatic heterocycles. The number of nitrogens with one attached hydrogen (secondary N) is 1. The van der Waals surface area contributed by atoms with Crippen LogP contribution in [0.3, 0.4) is 0 Å². The summed E-state index contributed by atoms with van der Waals surface area (Å²) < 4.78 is 5.26. The Labute approximate surface area is 107 Å². The third kappa shape index (κ3) is 4.52. The average molecular weight is 258 g/mol. The number of carbonyl (C=O) groups excluding carboxylic acids is 1. The van der Waals surface area contributed by atoms with Gasteiger partial charge < -0.3 is 20.1 Å². The van der Waals surface area contributed by atoms with Gasteiger partial charge in [-0.3, -0.25) is 0 Å². The van der Waals surface area contributed by atoms with E-state index in [0.29, 0.717) is 18.9 Å².